The molecule has 0 spiro atoms. The summed E-state index contributed by atoms with van der Waals surface area (Å²) < 4.78 is 50.1. The molecule has 2 aromatic carbocycles. The van der Waals surface area contributed by atoms with Gasteiger partial charge in [-0.3, -0.25) is 4.84 Å². The average Bonchev–Trinajstić information content (AvgIpc) is 3.59. The molecule has 3 aliphatic heterocycles. The van der Waals surface area contributed by atoms with E-state index in [2.05, 4.69) is 5.32 Å². The number of hydroxylamine groups is 1. The van der Waals surface area contributed by atoms with Crippen LogP contribution in [0.1, 0.15) is 24.8 Å². The van der Waals surface area contributed by atoms with Crippen molar-refractivity contribution in [1.82, 2.24) is 9.79 Å². The molecule has 3 aliphatic rings. The van der Waals surface area contributed by atoms with Crippen molar-refractivity contribution in [2.75, 3.05) is 33.0 Å². The third-order valence-corrected chi connectivity index (χ3v) is 9.12. The van der Waals surface area contributed by atoms with Crippen molar-refractivity contribution in [3.8, 4) is 5.75 Å². The van der Waals surface area contributed by atoms with Crippen LogP contribution in [0.4, 0.5) is 4.79 Å². The van der Waals surface area contributed by atoms with E-state index in [9.17, 15) is 23.4 Å². The standard InChI is InChI=1S/C28H36N2O10S/c31-20-6-8-22(9-7-20)41(34,35)30(40-21-10-13-36-14-11-21)17-25(32)24(16-19-4-2-1-3-5-19)29-28(33)39-26-18-38-27-23(26)12-15-37-27/h1-9,21,23-27,31-32H,10-18H2,(H,29,33)/t23-,24-,25+,26?,27+/m0/s1. The number of rotatable bonds is 11. The van der Waals surface area contributed by atoms with Gasteiger partial charge in [0.25, 0.3) is 10.0 Å². The van der Waals surface area contributed by atoms with Crippen molar-refractivity contribution >= 4 is 16.1 Å². The molecule has 3 saturated heterocycles. The van der Waals surface area contributed by atoms with Crippen molar-refractivity contribution in [3.63, 3.8) is 0 Å². The number of amides is 1. The number of benzene rings is 2. The Bertz CT molecular complexity index is 1240. The Morgan fingerprint density at radius 2 is 1.76 bits per heavy atom. The van der Waals surface area contributed by atoms with Gasteiger partial charge in [0.05, 0.1) is 48.8 Å². The van der Waals surface area contributed by atoms with Gasteiger partial charge in [0.1, 0.15) is 11.9 Å². The molecular weight excluding hydrogens is 556 g/mol. The number of aliphatic hydroxyl groups is 1. The van der Waals surface area contributed by atoms with E-state index in [0.717, 1.165) is 10.0 Å². The molecule has 1 amide bonds. The van der Waals surface area contributed by atoms with Crippen molar-refractivity contribution in [2.45, 2.75) is 61.2 Å². The van der Waals surface area contributed by atoms with Gasteiger partial charge < -0.3 is 34.5 Å². The zero-order valence-electron chi connectivity index (χ0n) is 22.5. The summed E-state index contributed by atoms with van der Waals surface area (Å²) in [6.07, 6.45) is -1.57. The molecule has 3 N–H and O–H groups in total. The summed E-state index contributed by atoms with van der Waals surface area (Å²) >= 11 is 0. The minimum atomic E-state index is -4.25. The SMILES string of the molecule is O=C(N[C@@H](Cc1ccccc1)[C@H](O)CN(OC1CCOCC1)S(=O)(=O)c1ccc(O)cc1)OC1CO[C@H]2OCC[C@@H]12. The zero-order chi connectivity index (χ0) is 28.8. The van der Waals surface area contributed by atoms with Gasteiger partial charge >= 0.3 is 6.09 Å². The fourth-order valence-corrected chi connectivity index (χ4v) is 6.48. The molecule has 41 heavy (non-hydrogen) atoms. The molecule has 13 heteroatoms. The second-order valence-electron chi connectivity index (χ2n) is 10.4. The second kappa shape index (κ2) is 13.5. The van der Waals surface area contributed by atoms with Crippen molar-refractivity contribution in [1.29, 1.82) is 0 Å². The molecule has 12 nitrogen and oxygen atoms in total. The van der Waals surface area contributed by atoms with E-state index in [1.165, 1.54) is 24.3 Å². The maximum atomic E-state index is 13.6. The average molecular weight is 593 g/mol. The quantitative estimate of drug-likeness (QED) is 0.330. The van der Waals surface area contributed by atoms with Crippen LogP contribution in [0.5, 0.6) is 5.75 Å². The van der Waals surface area contributed by atoms with Crippen LogP contribution in [0.3, 0.4) is 0 Å². The number of phenolic OH excluding ortho intramolecular Hbond substituents is 1. The molecule has 2 aromatic rings. The molecule has 5 rings (SSSR count). The van der Waals surface area contributed by atoms with Crippen LogP contribution in [0.15, 0.2) is 59.5 Å². The van der Waals surface area contributed by atoms with Gasteiger partial charge in [0.15, 0.2) is 6.29 Å². The van der Waals surface area contributed by atoms with Crippen LogP contribution in [0, 0.1) is 5.92 Å². The summed E-state index contributed by atoms with van der Waals surface area (Å²) in [4.78, 5) is 18.8. The number of alkyl carbamates (subject to hydrolysis) is 1. The minimum Gasteiger partial charge on any atom is -0.508 e. The van der Waals surface area contributed by atoms with Gasteiger partial charge in [-0.25, -0.2) is 13.2 Å². The Morgan fingerprint density at radius 1 is 1.02 bits per heavy atom. The highest BCUT2D eigenvalue weighted by Crippen LogP contribution is 2.33. The number of aromatic hydroxyl groups is 1. The van der Waals surface area contributed by atoms with E-state index in [-0.39, 0.29) is 35.9 Å². The highest BCUT2D eigenvalue weighted by atomic mass is 32.2. The van der Waals surface area contributed by atoms with Crippen molar-refractivity contribution < 1.29 is 47.2 Å². The van der Waals surface area contributed by atoms with Gasteiger partial charge in [-0.15, -0.1) is 0 Å². The molecule has 0 radical (unpaired) electrons. The fraction of sp³-hybridized carbons (Fsp3) is 0.536. The summed E-state index contributed by atoms with van der Waals surface area (Å²) in [6.45, 7) is 1.12. The Morgan fingerprint density at radius 3 is 2.49 bits per heavy atom. The summed E-state index contributed by atoms with van der Waals surface area (Å²) in [5, 5.41) is 23.8. The van der Waals surface area contributed by atoms with Gasteiger partial charge in [-0.05, 0) is 55.5 Å². The number of hydrogen-bond acceptors (Lipinski definition) is 10. The van der Waals surface area contributed by atoms with Gasteiger partial charge in [0, 0.05) is 13.2 Å². The number of aliphatic hydroxyl groups excluding tert-OH is 1. The van der Waals surface area contributed by atoms with Crippen LogP contribution < -0.4 is 5.32 Å². The first-order valence-corrected chi connectivity index (χ1v) is 15.2. The van der Waals surface area contributed by atoms with Crippen LogP contribution in [-0.4, -0.2) is 92.8 Å². The van der Waals surface area contributed by atoms with Crippen LogP contribution in [0.25, 0.3) is 0 Å². The first-order chi connectivity index (χ1) is 19.8. The molecule has 1 unspecified atom stereocenters. The number of carbonyl (C=O) groups excluding carboxylic acids is 1. The zero-order valence-corrected chi connectivity index (χ0v) is 23.4. The molecule has 3 fully saturated rings. The van der Waals surface area contributed by atoms with E-state index >= 15 is 0 Å². The number of carbonyl (C=O) groups is 1. The monoisotopic (exact) mass is 592 g/mol. The van der Waals surface area contributed by atoms with E-state index in [1.807, 2.05) is 30.3 Å². The van der Waals surface area contributed by atoms with Crippen LogP contribution >= 0.6 is 0 Å². The minimum absolute atomic E-state index is 0.0583. The lowest BCUT2D eigenvalue weighted by molar-refractivity contribution is -0.170. The predicted molar refractivity (Wildman–Crippen MR) is 144 cm³/mol. The maximum Gasteiger partial charge on any atom is 0.407 e. The van der Waals surface area contributed by atoms with Gasteiger partial charge in [-0.1, -0.05) is 34.8 Å². The highest BCUT2D eigenvalue weighted by molar-refractivity contribution is 7.89. The largest absolute Gasteiger partial charge is 0.508 e. The Hall–Kier alpha value is -2.78. The number of phenols is 1. The van der Waals surface area contributed by atoms with E-state index < -0.39 is 47.0 Å². The molecular formula is C28H36N2O10S. The van der Waals surface area contributed by atoms with Gasteiger partial charge in [-0.2, -0.15) is 0 Å². The summed E-state index contributed by atoms with van der Waals surface area (Å²) in [7, 11) is -4.25. The lowest BCUT2D eigenvalue weighted by Gasteiger charge is -2.32. The summed E-state index contributed by atoms with van der Waals surface area (Å²) in [6, 6.07) is 13.4. The number of sulfonamides is 1. The normalized spacial score (nSPS) is 24.6. The van der Waals surface area contributed by atoms with Crippen LogP contribution in [-0.2, 0) is 40.2 Å². The van der Waals surface area contributed by atoms with E-state index in [4.69, 9.17) is 23.8 Å². The highest BCUT2D eigenvalue weighted by Gasteiger charge is 2.44. The number of nitrogens with one attached hydrogen (secondary N) is 1. The molecule has 5 atom stereocenters. The number of nitrogens with zero attached hydrogens (tertiary/aromatic N) is 1. The summed E-state index contributed by atoms with van der Waals surface area (Å²) in [5.74, 6) is -0.147. The molecule has 224 valence electrons. The van der Waals surface area contributed by atoms with E-state index in [1.54, 1.807) is 0 Å². The lowest BCUT2D eigenvalue weighted by Crippen LogP contribution is -2.52. The Labute approximate surface area is 239 Å². The third kappa shape index (κ3) is 7.55. The van der Waals surface area contributed by atoms with Gasteiger partial charge in [0.2, 0.25) is 0 Å². The Balaban J connectivity index is 1.34. The predicted octanol–water partition coefficient (Wildman–Crippen LogP) is 1.95. The molecule has 0 saturated carbocycles. The molecule has 0 aromatic heterocycles. The number of fused-ring (bicyclic) bond motifs is 1. The number of hydrogen-bond donors (Lipinski definition) is 3. The van der Waals surface area contributed by atoms with Crippen LogP contribution in [0.2, 0.25) is 0 Å². The first-order valence-electron chi connectivity index (χ1n) is 13.8. The molecule has 0 aliphatic carbocycles. The Kier molecular flexibility index (Phi) is 9.75. The lowest BCUT2D eigenvalue weighted by atomic mass is 10.0. The van der Waals surface area contributed by atoms with E-state index in [0.29, 0.717) is 39.1 Å². The maximum absolute atomic E-state index is 13.6. The summed E-state index contributed by atoms with van der Waals surface area (Å²) in [5.41, 5.74) is 0.823. The van der Waals surface area contributed by atoms with Crippen molar-refractivity contribution in [3.05, 3.63) is 60.2 Å². The molecule has 3 heterocycles. The number of ether oxygens (including phenoxy) is 4. The second-order valence-corrected chi connectivity index (χ2v) is 12.2. The first kappa shape index (κ1) is 29.7. The molecule has 0 bridgehead atoms. The third-order valence-electron chi connectivity index (χ3n) is 7.48. The van der Waals surface area contributed by atoms with Crippen molar-refractivity contribution in [2.24, 2.45) is 5.92 Å². The fourth-order valence-electron chi connectivity index (χ4n) is 5.18. The smallest absolute Gasteiger partial charge is 0.407 e. The topological polar surface area (TPSA) is 153 Å².